The van der Waals surface area contributed by atoms with Crippen LogP contribution in [0, 0.1) is 6.92 Å². The molecule has 1 aliphatic heterocycles. The number of nitrogens with one attached hydrogen (secondary N) is 2. The number of nitrogens with zero attached hydrogens (tertiary/aromatic N) is 3. The van der Waals surface area contributed by atoms with Gasteiger partial charge in [0, 0.05) is 35.4 Å². The van der Waals surface area contributed by atoms with Gasteiger partial charge in [-0.2, -0.15) is 4.98 Å². The fourth-order valence-electron chi connectivity index (χ4n) is 3.45. The molecule has 0 amide bonds. The summed E-state index contributed by atoms with van der Waals surface area (Å²) in [6.07, 6.45) is 3.69. The third-order valence-electron chi connectivity index (χ3n) is 4.96. The number of hydrogen-bond acceptors (Lipinski definition) is 5. The molecule has 6 nitrogen and oxygen atoms in total. The van der Waals surface area contributed by atoms with Crippen molar-refractivity contribution in [1.29, 1.82) is 0 Å². The lowest BCUT2D eigenvalue weighted by molar-refractivity contribution is 0.516. The van der Waals surface area contributed by atoms with Crippen molar-refractivity contribution in [2.45, 2.75) is 32.7 Å². The number of thiocarbonyl (C=S) groups is 1. The average Bonchev–Trinajstić information content (AvgIpc) is 3.22. The van der Waals surface area contributed by atoms with Crippen LogP contribution in [0.4, 0.5) is 11.8 Å². The molecule has 0 saturated carbocycles. The molecular formula is C22H24ClN5OS. The summed E-state index contributed by atoms with van der Waals surface area (Å²) >= 11 is 11.4. The van der Waals surface area contributed by atoms with Crippen molar-refractivity contribution in [2.24, 2.45) is 0 Å². The highest BCUT2D eigenvalue weighted by Gasteiger charge is 2.14. The zero-order valence-electron chi connectivity index (χ0n) is 16.8. The molecule has 156 valence electrons. The van der Waals surface area contributed by atoms with Crippen molar-refractivity contribution in [3.05, 3.63) is 58.9 Å². The summed E-state index contributed by atoms with van der Waals surface area (Å²) in [5.41, 5.74) is 1.89. The molecule has 4 rings (SSSR count). The van der Waals surface area contributed by atoms with Gasteiger partial charge in [-0.25, -0.2) is 4.98 Å². The number of aryl methyl sites for hydroxylation is 1. The van der Waals surface area contributed by atoms with Gasteiger partial charge in [-0.3, -0.25) is 0 Å². The molecule has 0 atom stereocenters. The molecule has 0 unspecified atom stereocenters. The van der Waals surface area contributed by atoms with Crippen molar-refractivity contribution in [3.63, 3.8) is 0 Å². The second-order valence-corrected chi connectivity index (χ2v) is 8.16. The van der Waals surface area contributed by atoms with Crippen LogP contribution >= 0.6 is 23.8 Å². The van der Waals surface area contributed by atoms with Crippen molar-refractivity contribution >= 4 is 40.7 Å². The van der Waals surface area contributed by atoms with Crippen molar-refractivity contribution < 1.29 is 4.42 Å². The molecule has 0 aliphatic carbocycles. The SMILES string of the molecule is Cc1cc(N2CCCCC2)nc(NC(=S)NCc2ccc(-c3ccc(Cl)cc3)o2)n1. The summed E-state index contributed by atoms with van der Waals surface area (Å²) in [4.78, 5) is 11.4. The van der Waals surface area contributed by atoms with E-state index < -0.39 is 0 Å². The Kier molecular flexibility index (Phi) is 6.50. The van der Waals surface area contributed by atoms with Crippen LogP contribution < -0.4 is 15.5 Å². The van der Waals surface area contributed by atoms with Gasteiger partial charge in [-0.15, -0.1) is 0 Å². The van der Waals surface area contributed by atoms with Crippen molar-refractivity contribution in [1.82, 2.24) is 15.3 Å². The van der Waals surface area contributed by atoms with E-state index in [4.69, 9.17) is 28.2 Å². The van der Waals surface area contributed by atoms with Crippen LogP contribution in [0.3, 0.4) is 0 Å². The van der Waals surface area contributed by atoms with Gasteiger partial charge in [0.05, 0.1) is 6.54 Å². The van der Waals surface area contributed by atoms with Gasteiger partial charge >= 0.3 is 0 Å². The zero-order valence-corrected chi connectivity index (χ0v) is 18.4. The first kappa shape index (κ1) is 20.6. The molecule has 2 aromatic heterocycles. The fourth-order valence-corrected chi connectivity index (χ4v) is 3.74. The second kappa shape index (κ2) is 9.45. The van der Waals surface area contributed by atoms with Crippen LogP contribution in [0.15, 0.2) is 46.9 Å². The van der Waals surface area contributed by atoms with Crippen LogP contribution in [0.2, 0.25) is 5.02 Å². The molecule has 1 aromatic carbocycles. The van der Waals surface area contributed by atoms with E-state index in [1.165, 1.54) is 19.3 Å². The van der Waals surface area contributed by atoms with Crippen LogP contribution in [0.1, 0.15) is 30.7 Å². The van der Waals surface area contributed by atoms with Gasteiger partial charge < -0.3 is 20.0 Å². The lowest BCUT2D eigenvalue weighted by Gasteiger charge is -2.28. The van der Waals surface area contributed by atoms with Gasteiger partial charge in [-0.1, -0.05) is 11.6 Å². The number of rotatable bonds is 5. The number of furan rings is 1. The monoisotopic (exact) mass is 441 g/mol. The molecular weight excluding hydrogens is 418 g/mol. The minimum Gasteiger partial charge on any atom is -0.459 e. The second-order valence-electron chi connectivity index (χ2n) is 7.32. The lowest BCUT2D eigenvalue weighted by Crippen LogP contribution is -2.32. The molecule has 3 heterocycles. The van der Waals surface area contributed by atoms with E-state index in [1.54, 1.807) is 0 Å². The van der Waals surface area contributed by atoms with Crippen LogP contribution in [-0.2, 0) is 6.54 Å². The van der Waals surface area contributed by atoms with E-state index in [2.05, 4.69) is 25.5 Å². The van der Waals surface area contributed by atoms with Gasteiger partial charge in [0.15, 0.2) is 5.11 Å². The van der Waals surface area contributed by atoms with Crippen LogP contribution in [0.5, 0.6) is 0 Å². The predicted octanol–water partition coefficient (Wildman–Crippen LogP) is 5.18. The Morgan fingerprint density at radius 1 is 1.10 bits per heavy atom. The third kappa shape index (κ3) is 5.29. The maximum absolute atomic E-state index is 5.94. The Labute approximate surface area is 186 Å². The third-order valence-corrected chi connectivity index (χ3v) is 5.46. The normalized spacial score (nSPS) is 13.9. The minimum absolute atomic E-state index is 0.453. The van der Waals surface area contributed by atoms with Crippen LogP contribution in [-0.4, -0.2) is 28.2 Å². The Balaban J connectivity index is 1.35. The summed E-state index contributed by atoms with van der Waals surface area (Å²) in [5.74, 6) is 3.03. The Bertz CT molecular complexity index is 1010. The first-order chi connectivity index (χ1) is 14.6. The van der Waals surface area contributed by atoms with Crippen molar-refractivity contribution in [3.8, 4) is 11.3 Å². The standard InChI is InChI=1S/C22H24ClN5OS/c1-15-13-20(28-11-3-2-4-12-28)26-21(25-15)27-22(30)24-14-18-9-10-19(29-18)16-5-7-17(23)8-6-16/h5-10,13H,2-4,11-12,14H2,1H3,(H2,24,25,26,27,30). The first-order valence-electron chi connectivity index (χ1n) is 10.1. The topological polar surface area (TPSA) is 66.2 Å². The van der Waals surface area contributed by atoms with E-state index >= 15 is 0 Å². The summed E-state index contributed by atoms with van der Waals surface area (Å²) in [7, 11) is 0. The van der Waals surface area contributed by atoms with Crippen molar-refractivity contribution in [2.75, 3.05) is 23.3 Å². The molecule has 0 spiro atoms. The molecule has 8 heteroatoms. The van der Waals surface area contributed by atoms with Crippen LogP contribution in [0.25, 0.3) is 11.3 Å². The largest absolute Gasteiger partial charge is 0.459 e. The molecule has 1 saturated heterocycles. The van der Waals surface area contributed by atoms with Gasteiger partial charge in [0.25, 0.3) is 0 Å². The summed E-state index contributed by atoms with van der Waals surface area (Å²) < 4.78 is 5.90. The molecule has 1 aliphatic rings. The minimum atomic E-state index is 0.453. The van der Waals surface area contributed by atoms with E-state index in [0.717, 1.165) is 41.7 Å². The fraction of sp³-hybridized carbons (Fsp3) is 0.318. The molecule has 1 fully saturated rings. The smallest absolute Gasteiger partial charge is 0.231 e. The maximum Gasteiger partial charge on any atom is 0.231 e. The summed E-state index contributed by atoms with van der Waals surface area (Å²) in [5, 5.41) is 7.40. The first-order valence-corrected chi connectivity index (χ1v) is 10.9. The number of hydrogen-bond donors (Lipinski definition) is 2. The summed E-state index contributed by atoms with van der Waals surface area (Å²) in [6.45, 7) is 4.50. The van der Waals surface area contributed by atoms with E-state index in [0.29, 0.717) is 22.6 Å². The van der Waals surface area contributed by atoms with E-state index in [-0.39, 0.29) is 0 Å². The van der Waals surface area contributed by atoms with Gasteiger partial charge in [-0.05, 0) is 74.8 Å². The summed E-state index contributed by atoms with van der Waals surface area (Å²) in [6, 6.07) is 13.4. The number of piperidine rings is 1. The Morgan fingerprint density at radius 2 is 1.87 bits per heavy atom. The molecule has 30 heavy (non-hydrogen) atoms. The quantitative estimate of drug-likeness (QED) is 0.529. The lowest BCUT2D eigenvalue weighted by atomic mass is 10.1. The molecule has 3 aromatic rings. The highest BCUT2D eigenvalue weighted by atomic mass is 35.5. The zero-order chi connectivity index (χ0) is 20.9. The molecule has 0 radical (unpaired) electrons. The highest BCUT2D eigenvalue weighted by molar-refractivity contribution is 7.80. The number of anilines is 2. The van der Waals surface area contributed by atoms with Gasteiger partial charge in [0.1, 0.15) is 17.3 Å². The predicted molar refractivity (Wildman–Crippen MR) is 125 cm³/mol. The maximum atomic E-state index is 5.94. The van der Waals surface area contributed by atoms with E-state index in [1.807, 2.05) is 49.4 Å². The van der Waals surface area contributed by atoms with Gasteiger partial charge in [0.2, 0.25) is 5.95 Å². The number of benzene rings is 1. The Morgan fingerprint density at radius 3 is 2.63 bits per heavy atom. The average molecular weight is 442 g/mol. The highest BCUT2D eigenvalue weighted by Crippen LogP contribution is 2.24. The molecule has 2 N–H and O–H groups in total. The Hall–Kier alpha value is -2.64. The van der Waals surface area contributed by atoms with E-state index in [9.17, 15) is 0 Å². The molecule has 0 bridgehead atoms. The number of halogens is 1. The number of aromatic nitrogens is 2.